The Hall–Kier alpha value is -1.45. The van der Waals surface area contributed by atoms with E-state index >= 15 is 0 Å². The largest absolute Gasteiger partial charge is 0.274 e. The fourth-order valence-electron chi connectivity index (χ4n) is 1.08. The van der Waals surface area contributed by atoms with E-state index in [4.69, 9.17) is 0 Å². The second-order valence-corrected chi connectivity index (χ2v) is 4.06. The van der Waals surface area contributed by atoms with Crippen LogP contribution in [0, 0.1) is 0 Å². The minimum atomic E-state index is -0.0201. The van der Waals surface area contributed by atoms with Crippen molar-refractivity contribution >= 4 is 5.78 Å². The maximum absolute atomic E-state index is 4.35. The molecule has 0 amide bonds. The van der Waals surface area contributed by atoms with Crippen molar-refractivity contribution in [1.82, 2.24) is 19.4 Å². The summed E-state index contributed by atoms with van der Waals surface area (Å²) in [4.78, 5) is 12.7. The molecule has 0 aliphatic heterocycles. The topological polar surface area (TPSA) is 43.1 Å². The summed E-state index contributed by atoms with van der Waals surface area (Å²) in [6, 6.07) is 0. The normalized spacial score (nSPS) is 12.2. The molecule has 0 fully saturated rings. The smallest absolute Gasteiger partial charge is 0.236 e. The van der Waals surface area contributed by atoms with Gasteiger partial charge in [0.15, 0.2) is 0 Å². The van der Waals surface area contributed by atoms with Crippen LogP contribution in [-0.4, -0.2) is 19.4 Å². The number of rotatable bonds is 0. The van der Waals surface area contributed by atoms with E-state index in [1.165, 1.54) is 0 Å². The van der Waals surface area contributed by atoms with Gasteiger partial charge in [0.25, 0.3) is 0 Å². The molecule has 0 spiro atoms. The van der Waals surface area contributed by atoms with Crippen molar-refractivity contribution in [2.75, 3.05) is 0 Å². The Morgan fingerprint density at radius 1 is 1.23 bits per heavy atom. The first-order chi connectivity index (χ1) is 6.07. The van der Waals surface area contributed by atoms with Gasteiger partial charge in [-0.2, -0.15) is 4.98 Å². The van der Waals surface area contributed by atoms with Crippen molar-refractivity contribution in [2.24, 2.45) is 0 Å². The van der Waals surface area contributed by atoms with Gasteiger partial charge in [0.1, 0.15) is 12.2 Å². The minimum Gasteiger partial charge on any atom is -0.274 e. The molecule has 4 heteroatoms. The van der Waals surface area contributed by atoms with Gasteiger partial charge < -0.3 is 0 Å². The van der Waals surface area contributed by atoms with Gasteiger partial charge in [-0.15, -0.1) is 0 Å². The lowest BCUT2D eigenvalue weighted by Crippen LogP contribution is -2.16. The van der Waals surface area contributed by atoms with E-state index in [9.17, 15) is 0 Å². The molecule has 0 atom stereocenters. The van der Waals surface area contributed by atoms with Gasteiger partial charge in [-0.1, -0.05) is 20.8 Å². The molecule has 0 aromatic carbocycles. The monoisotopic (exact) mass is 176 g/mol. The van der Waals surface area contributed by atoms with E-state index in [1.807, 2.05) is 6.20 Å². The highest BCUT2D eigenvalue weighted by molar-refractivity contribution is 5.27. The highest BCUT2D eigenvalue weighted by Gasteiger charge is 2.17. The Balaban J connectivity index is 2.61. The summed E-state index contributed by atoms with van der Waals surface area (Å²) in [7, 11) is 0. The Labute approximate surface area is 76.7 Å². The van der Waals surface area contributed by atoms with Crippen LogP contribution in [0.4, 0.5) is 0 Å². The molecule has 2 rings (SSSR count). The van der Waals surface area contributed by atoms with Gasteiger partial charge in [0, 0.05) is 17.8 Å². The number of fused-ring (bicyclic) bond motifs is 1. The first-order valence-corrected chi connectivity index (χ1v) is 4.23. The molecule has 2 aromatic rings. The molecule has 2 heterocycles. The van der Waals surface area contributed by atoms with Crippen LogP contribution in [-0.2, 0) is 5.41 Å². The van der Waals surface area contributed by atoms with Crippen LogP contribution in [0.15, 0.2) is 18.7 Å². The molecule has 0 bridgehead atoms. The molecule has 68 valence electrons. The summed E-state index contributed by atoms with van der Waals surface area (Å²) in [6.45, 7) is 6.26. The lowest BCUT2D eigenvalue weighted by Gasteiger charge is -2.15. The molecule has 0 saturated carbocycles. The van der Waals surface area contributed by atoms with Crippen LogP contribution in [0.25, 0.3) is 5.78 Å². The highest BCUT2D eigenvalue weighted by Crippen LogP contribution is 2.17. The average Bonchev–Trinajstić information content (AvgIpc) is 2.47. The Morgan fingerprint density at radius 3 is 2.69 bits per heavy atom. The first-order valence-electron chi connectivity index (χ1n) is 4.23. The zero-order chi connectivity index (χ0) is 9.47. The molecule has 0 saturated heterocycles. The summed E-state index contributed by atoms with van der Waals surface area (Å²) < 4.78 is 1.80. The van der Waals surface area contributed by atoms with E-state index in [0.29, 0.717) is 5.78 Å². The molecule has 2 aromatic heterocycles. The van der Waals surface area contributed by atoms with Gasteiger partial charge in [0.2, 0.25) is 5.78 Å². The fraction of sp³-hybridized carbons (Fsp3) is 0.444. The van der Waals surface area contributed by atoms with Crippen LogP contribution in [0.1, 0.15) is 26.6 Å². The van der Waals surface area contributed by atoms with Crippen molar-refractivity contribution in [3.63, 3.8) is 0 Å². The predicted molar refractivity (Wildman–Crippen MR) is 49.5 cm³/mol. The van der Waals surface area contributed by atoms with Crippen molar-refractivity contribution in [2.45, 2.75) is 26.2 Å². The van der Waals surface area contributed by atoms with Crippen LogP contribution in [0.2, 0.25) is 0 Å². The van der Waals surface area contributed by atoms with Gasteiger partial charge in [-0.05, 0) is 0 Å². The molecule has 13 heavy (non-hydrogen) atoms. The number of hydrogen-bond donors (Lipinski definition) is 0. The quantitative estimate of drug-likeness (QED) is 0.609. The van der Waals surface area contributed by atoms with Gasteiger partial charge in [-0.3, -0.25) is 4.40 Å². The van der Waals surface area contributed by atoms with E-state index in [0.717, 1.165) is 5.82 Å². The predicted octanol–water partition coefficient (Wildman–Crippen LogP) is 1.42. The molecule has 0 unspecified atom stereocenters. The van der Waals surface area contributed by atoms with Crippen molar-refractivity contribution in [3.8, 4) is 0 Å². The molecule has 0 radical (unpaired) electrons. The molecule has 0 N–H and O–H groups in total. The summed E-state index contributed by atoms with van der Waals surface area (Å²) >= 11 is 0. The van der Waals surface area contributed by atoms with Gasteiger partial charge in [0.05, 0.1) is 0 Å². The zero-order valence-corrected chi connectivity index (χ0v) is 8.02. The SMILES string of the molecule is CC(C)(C)c1ncn2ccnc2n1. The highest BCUT2D eigenvalue weighted by atomic mass is 15.1. The molecule has 0 aliphatic rings. The summed E-state index contributed by atoms with van der Waals surface area (Å²) in [5.74, 6) is 1.53. The van der Waals surface area contributed by atoms with Gasteiger partial charge in [-0.25, -0.2) is 9.97 Å². The lowest BCUT2D eigenvalue weighted by atomic mass is 9.96. The van der Waals surface area contributed by atoms with Crippen molar-refractivity contribution in [1.29, 1.82) is 0 Å². The lowest BCUT2D eigenvalue weighted by molar-refractivity contribution is 0.543. The minimum absolute atomic E-state index is 0.0201. The maximum atomic E-state index is 4.35. The summed E-state index contributed by atoms with van der Waals surface area (Å²) in [6.07, 6.45) is 5.30. The number of imidazole rings is 1. The van der Waals surface area contributed by atoms with E-state index in [1.54, 1.807) is 16.9 Å². The fourth-order valence-corrected chi connectivity index (χ4v) is 1.08. The average molecular weight is 176 g/mol. The summed E-state index contributed by atoms with van der Waals surface area (Å²) in [5, 5.41) is 0. The zero-order valence-electron chi connectivity index (χ0n) is 8.02. The van der Waals surface area contributed by atoms with Crippen LogP contribution in [0.3, 0.4) is 0 Å². The Kier molecular flexibility index (Phi) is 1.58. The third-order valence-electron chi connectivity index (χ3n) is 1.83. The van der Waals surface area contributed by atoms with Crippen molar-refractivity contribution < 1.29 is 0 Å². The van der Waals surface area contributed by atoms with Crippen LogP contribution < -0.4 is 0 Å². The number of aromatic nitrogens is 4. The first kappa shape index (κ1) is 8.16. The Bertz CT molecular complexity index is 424. The number of nitrogens with zero attached hydrogens (tertiary/aromatic N) is 4. The second kappa shape index (κ2) is 2.52. The third-order valence-corrected chi connectivity index (χ3v) is 1.83. The number of hydrogen-bond acceptors (Lipinski definition) is 3. The van der Waals surface area contributed by atoms with Gasteiger partial charge >= 0.3 is 0 Å². The van der Waals surface area contributed by atoms with Crippen LogP contribution >= 0.6 is 0 Å². The molecule has 4 nitrogen and oxygen atoms in total. The summed E-state index contributed by atoms with van der Waals surface area (Å²) in [5.41, 5.74) is -0.0201. The molecular formula is C9H12N4. The third kappa shape index (κ3) is 1.39. The standard InChI is InChI=1S/C9H12N4/c1-9(2,3)7-11-6-13-5-4-10-8(13)12-7/h4-6H,1-3H3. The van der Waals surface area contributed by atoms with E-state index < -0.39 is 0 Å². The Morgan fingerprint density at radius 2 is 2.00 bits per heavy atom. The molecule has 0 aliphatic carbocycles. The van der Waals surface area contributed by atoms with E-state index in [2.05, 4.69) is 35.7 Å². The van der Waals surface area contributed by atoms with Crippen molar-refractivity contribution in [3.05, 3.63) is 24.5 Å². The van der Waals surface area contributed by atoms with E-state index in [-0.39, 0.29) is 5.41 Å². The molecular weight excluding hydrogens is 164 g/mol. The second-order valence-electron chi connectivity index (χ2n) is 4.06. The van der Waals surface area contributed by atoms with Crippen LogP contribution in [0.5, 0.6) is 0 Å². The maximum Gasteiger partial charge on any atom is 0.236 e.